The van der Waals surface area contributed by atoms with E-state index in [1.54, 1.807) is 13.8 Å². The van der Waals surface area contributed by atoms with E-state index in [2.05, 4.69) is 14.9 Å². The molecule has 0 radical (unpaired) electrons. The number of hydrogen-bond donors (Lipinski definition) is 0. The van der Waals surface area contributed by atoms with E-state index in [1.807, 2.05) is 0 Å². The summed E-state index contributed by atoms with van der Waals surface area (Å²) in [7, 11) is -6.54. The first-order valence-electron chi connectivity index (χ1n) is 7.74. The third-order valence-electron chi connectivity index (χ3n) is 3.73. The van der Waals surface area contributed by atoms with Gasteiger partial charge in [-0.25, -0.2) is 21.5 Å². The largest absolute Gasteiger partial charge is 0.291 e. The Morgan fingerprint density at radius 1 is 1.22 bits per heavy atom. The lowest BCUT2D eigenvalue weighted by atomic mass is 10.2. The van der Waals surface area contributed by atoms with Crippen LogP contribution in [0.15, 0.2) is 26.6 Å². The summed E-state index contributed by atoms with van der Waals surface area (Å²) in [5.74, 6) is -0.872. The number of carbonyl (C=O) groups is 1. The van der Waals surface area contributed by atoms with Crippen LogP contribution in [0.3, 0.4) is 0 Å². The number of anilines is 1. The number of hydrogen-bond acceptors (Lipinski definition) is 8. The number of aromatic nitrogens is 2. The molecule has 0 spiro atoms. The van der Waals surface area contributed by atoms with Crippen molar-refractivity contribution in [3.05, 3.63) is 28.4 Å². The van der Waals surface area contributed by atoms with Crippen LogP contribution < -0.4 is 4.90 Å². The summed E-state index contributed by atoms with van der Waals surface area (Å²) < 4.78 is 53.9. The molecule has 2 aromatic rings. The van der Waals surface area contributed by atoms with Gasteiger partial charge in [-0.2, -0.15) is 0 Å². The van der Waals surface area contributed by atoms with Crippen LogP contribution in [0.1, 0.15) is 29.4 Å². The van der Waals surface area contributed by atoms with Gasteiger partial charge in [-0.05, 0) is 30.6 Å². The van der Waals surface area contributed by atoms with E-state index in [4.69, 9.17) is 11.6 Å². The summed E-state index contributed by atoms with van der Waals surface area (Å²) in [6, 6.07) is 2.24. The van der Waals surface area contributed by atoms with Gasteiger partial charge in [-0.3, -0.25) is 9.69 Å². The van der Waals surface area contributed by atoms with E-state index in [-0.39, 0.29) is 23.6 Å². The molecule has 1 aromatic carbocycles. The van der Waals surface area contributed by atoms with Crippen molar-refractivity contribution in [3.8, 4) is 0 Å². The number of sulfone groups is 2. The van der Waals surface area contributed by atoms with Crippen molar-refractivity contribution in [2.75, 3.05) is 24.0 Å². The zero-order valence-corrected chi connectivity index (χ0v) is 17.4. The second-order valence-corrected chi connectivity index (χ2v) is 10.3. The molecule has 0 aliphatic carbocycles. The Hall–Kier alpha value is -1.98. The van der Waals surface area contributed by atoms with Gasteiger partial charge in [-0.15, -0.1) is 0 Å². The SMILES string of the molecule is CCCS(=O)(=O)c1c(S(C)(=O)=O)ccc(C(=O)N(C)c2nonc2C)c1Cl. The van der Waals surface area contributed by atoms with Crippen LogP contribution in [0.5, 0.6) is 0 Å². The third kappa shape index (κ3) is 4.14. The first kappa shape index (κ1) is 21.3. The molecule has 1 heterocycles. The van der Waals surface area contributed by atoms with Gasteiger partial charge in [0.25, 0.3) is 5.91 Å². The molecule has 9 nitrogen and oxygen atoms in total. The van der Waals surface area contributed by atoms with E-state index in [0.29, 0.717) is 5.69 Å². The van der Waals surface area contributed by atoms with Gasteiger partial charge >= 0.3 is 0 Å². The first-order valence-corrected chi connectivity index (χ1v) is 11.7. The normalized spacial score (nSPS) is 12.2. The van der Waals surface area contributed by atoms with Gasteiger partial charge in [0.2, 0.25) is 5.82 Å². The van der Waals surface area contributed by atoms with Crippen molar-refractivity contribution in [1.29, 1.82) is 0 Å². The average molecular weight is 436 g/mol. The van der Waals surface area contributed by atoms with Crippen LogP contribution in [0.2, 0.25) is 5.02 Å². The fourth-order valence-corrected chi connectivity index (χ4v) is 6.21. The summed E-state index contributed by atoms with van der Waals surface area (Å²) in [6.45, 7) is 3.20. The van der Waals surface area contributed by atoms with Gasteiger partial charge in [-0.1, -0.05) is 23.7 Å². The molecule has 148 valence electrons. The standard InChI is InChI=1S/C15H18ClN3O6S2/c1-5-8-27(23,24)13-11(26(4,21)22)7-6-10(12(13)16)15(20)19(3)14-9(2)17-25-18-14/h6-7H,5,8H2,1-4H3. The van der Waals surface area contributed by atoms with Crippen LogP contribution in [0.4, 0.5) is 5.82 Å². The molecule has 0 unspecified atom stereocenters. The number of nitrogens with zero attached hydrogens (tertiary/aromatic N) is 3. The molecule has 0 N–H and O–H groups in total. The van der Waals surface area contributed by atoms with E-state index >= 15 is 0 Å². The van der Waals surface area contributed by atoms with Crippen molar-refractivity contribution in [3.63, 3.8) is 0 Å². The maximum absolute atomic E-state index is 12.8. The highest BCUT2D eigenvalue weighted by molar-refractivity contribution is 7.94. The Morgan fingerprint density at radius 2 is 1.85 bits per heavy atom. The van der Waals surface area contributed by atoms with Crippen LogP contribution >= 0.6 is 11.6 Å². The maximum atomic E-state index is 12.8. The fraction of sp³-hybridized carbons (Fsp3) is 0.400. The Bertz CT molecular complexity index is 1090. The van der Waals surface area contributed by atoms with Crippen molar-refractivity contribution >= 4 is 43.0 Å². The predicted molar refractivity (Wildman–Crippen MR) is 98.7 cm³/mol. The molecule has 0 bridgehead atoms. The van der Waals surface area contributed by atoms with Crippen molar-refractivity contribution in [1.82, 2.24) is 10.3 Å². The van der Waals surface area contributed by atoms with Gasteiger partial charge < -0.3 is 0 Å². The van der Waals surface area contributed by atoms with Gasteiger partial charge in [0.05, 0.1) is 21.2 Å². The lowest BCUT2D eigenvalue weighted by Crippen LogP contribution is -2.28. The number of benzene rings is 1. The third-order valence-corrected chi connectivity index (χ3v) is 7.49. The molecule has 0 saturated carbocycles. The lowest BCUT2D eigenvalue weighted by Gasteiger charge is -2.18. The Morgan fingerprint density at radius 3 is 2.33 bits per heavy atom. The summed E-state index contributed by atoms with van der Waals surface area (Å²) in [5.41, 5.74) is 0.164. The van der Waals surface area contributed by atoms with E-state index in [0.717, 1.165) is 17.2 Å². The highest BCUT2D eigenvalue weighted by Gasteiger charge is 2.31. The monoisotopic (exact) mass is 435 g/mol. The highest BCUT2D eigenvalue weighted by atomic mass is 35.5. The average Bonchev–Trinajstić information content (AvgIpc) is 2.98. The Balaban J connectivity index is 2.71. The minimum absolute atomic E-state index is 0.126. The summed E-state index contributed by atoms with van der Waals surface area (Å²) >= 11 is 6.23. The molecule has 0 aliphatic rings. The molecule has 0 fully saturated rings. The summed E-state index contributed by atoms with van der Waals surface area (Å²) in [5, 5.41) is 6.74. The van der Waals surface area contributed by atoms with Gasteiger partial charge in [0.15, 0.2) is 19.7 Å². The minimum atomic E-state index is -4.03. The molecule has 0 atom stereocenters. The molecule has 1 aromatic heterocycles. The number of rotatable bonds is 6. The first-order chi connectivity index (χ1) is 12.4. The second-order valence-electron chi connectivity index (χ2n) is 5.88. The summed E-state index contributed by atoms with van der Waals surface area (Å²) in [6.07, 6.45) is 1.13. The van der Waals surface area contributed by atoms with Crippen molar-refractivity contribution in [2.24, 2.45) is 0 Å². The van der Waals surface area contributed by atoms with Gasteiger partial charge in [0, 0.05) is 13.3 Å². The topological polar surface area (TPSA) is 128 Å². The molecule has 12 heteroatoms. The zero-order chi connectivity index (χ0) is 20.6. The molecular formula is C15H18ClN3O6S2. The van der Waals surface area contributed by atoms with E-state index < -0.39 is 40.4 Å². The Kier molecular flexibility index (Phi) is 5.97. The summed E-state index contributed by atoms with van der Waals surface area (Å²) in [4.78, 5) is 12.9. The lowest BCUT2D eigenvalue weighted by molar-refractivity contribution is 0.0991. The molecule has 0 saturated heterocycles. The fourth-order valence-electron chi connectivity index (χ4n) is 2.46. The number of aryl methyl sites for hydroxylation is 1. The Labute approximate surface area is 162 Å². The second kappa shape index (κ2) is 7.56. The van der Waals surface area contributed by atoms with E-state index in [9.17, 15) is 21.6 Å². The smallest absolute Gasteiger partial charge is 0.260 e. The molecular weight excluding hydrogens is 418 g/mol. The van der Waals surface area contributed by atoms with E-state index in [1.165, 1.54) is 13.1 Å². The van der Waals surface area contributed by atoms with Crippen molar-refractivity contribution in [2.45, 2.75) is 30.1 Å². The number of halogens is 1. The molecule has 0 aliphatic heterocycles. The number of carbonyl (C=O) groups excluding carboxylic acids is 1. The molecule has 2 rings (SSSR count). The van der Waals surface area contributed by atoms with Crippen LogP contribution in [0, 0.1) is 6.92 Å². The van der Waals surface area contributed by atoms with Gasteiger partial charge in [0.1, 0.15) is 10.6 Å². The minimum Gasteiger partial charge on any atom is -0.291 e. The van der Waals surface area contributed by atoms with Crippen LogP contribution in [0.25, 0.3) is 0 Å². The van der Waals surface area contributed by atoms with Crippen molar-refractivity contribution < 1.29 is 26.3 Å². The predicted octanol–water partition coefficient (Wildman–Crippen LogP) is 1.90. The molecule has 1 amide bonds. The van der Waals surface area contributed by atoms with Crippen LogP contribution in [-0.2, 0) is 19.7 Å². The zero-order valence-electron chi connectivity index (χ0n) is 15.1. The number of amides is 1. The van der Waals surface area contributed by atoms with Crippen LogP contribution in [-0.4, -0.2) is 52.1 Å². The maximum Gasteiger partial charge on any atom is 0.260 e. The highest BCUT2D eigenvalue weighted by Crippen LogP contribution is 2.34. The quantitative estimate of drug-likeness (QED) is 0.672. The molecule has 27 heavy (non-hydrogen) atoms.